The van der Waals surface area contributed by atoms with E-state index in [4.69, 9.17) is 9.97 Å². The Morgan fingerprint density at radius 3 is 1.75 bits per heavy atom. The minimum Gasteiger partial charge on any atom is -0.310 e. The van der Waals surface area contributed by atoms with E-state index in [1.165, 1.54) is 32.9 Å². The largest absolute Gasteiger partial charge is 0.310 e. The second-order valence-corrected chi connectivity index (χ2v) is 15.5. The molecule has 0 saturated heterocycles. The van der Waals surface area contributed by atoms with Gasteiger partial charge in [0.1, 0.15) is 11.2 Å². The van der Waals surface area contributed by atoms with Crippen molar-refractivity contribution in [2.75, 3.05) is 4.90 Å². The Morgan fingerprint density at radius 2 is 0.967 bits per heavy atom. The molecule has 0 saturated carbocycles. The van der Waals surface area contributed by atoms with Crippen molar-refractivity contribution in [3.05, 3.63) is 225 Å². The Labute approximate surface area is 352 Å². The smallest absolute Gasteiger partial charge is 0.137 e. The number of hydrogen-bond acceptors (Lipinski definition) is 3. The number of nitrogens with zero attached hydrogens (tertiary/aromatic N) is 5. The number of fused-ring (bicyclic) bond motifs is 8. The number of pyridine rings is 2. The highest BCUT2D eigenvalue weighted by Crippen LogP contribution is 2.41. The van der Waals surface area contributed by atoms with Gasteiger partial charge in [-0.15, -0.1) is 0 Å². The predicted molar refractivity (Wildman–Crippen MR) is 253 cm³/mol. The third-order valence-electron chi connectivity index (χ3n) is 11.9. The van der Waals surface area contributed by atoms with Gasteiger partial charge in [0.2, 0.25) is 0 Å². The van der Waals surface area contributed by atoms with E-state index in [0.29, 0.717) is 0 Å². The topological polar surface area (TPSA) is 38.4 Å². The molecule has 5 heteroatoms. The molecule has 0 radical (unpaired) electrons. The van der Waals surface area contributed by atoms with Crippen LogP contribution in [-0.4, -0.2) is 18.9 Å². The van der Waals surface area contributed by atoms with Gasteiger partial charge in [0.15, 0.2) is 0 Å². The Morgan fingerprint density at radius 1 is 0.377 bits per heavy atom. The predicted octanol–water partition coefficient (Wildman–Crippen LogP) is 14.6. The molecule has 0 amide bonds. The zero-order chi connectivity index (χ0) is 40.3. The van der Waals surface area contributed by atoms with Gasteiger partial charge < -0.3 is 9.47 Å². The molecule has 4 heterocycles. The molecule has 8 aromatic carbocycles. The Bertz CT molecular complexity index is 3570. The number of hydrogen-bond donors (Lipinski definition) is 0. The summed E-state index contributed by atoms with van der Waals surface area (Å²) >= 11 is 0. The van der Waals surface area contributed by atoms with Crippen molar-refractivity contribution in [2.24, 2.45) is 0 Å². The number of para-hydroxylation sites is 3. The highest BCUT2D eigenvalue weighted by molar-refractivity contribution is 6.11. The molecule has 0 spiro atoms. The molecule has 61 heavy (non-hydrogen) atoms. The maximum absolute atomic E-state index is 5.25. The second kappa shape index (κ2) is 14.2. The minimum absolute atomic E-state index is 0.906. The van der Waals surface area contributed by atoms with E-state index < -0.39 is 0 Å². The van der Waals surface area contributed by atoms with Crippen LogP contribution in [0.4, 0.5) is 17.1 Å². The molecular formula is C56H37N5. The molecule has 0 atom stereocenters. The zero-order valence-electron chi connectivity index (χ0n) is 33.1. The van der Waals surface area contributed by atoms with E-state index in [1.807, 2.05) is 18.2 Å². The Hall–Kier alpha value is -8.28. The molecule has 12 rings (SSSR count). The van der Waals surface area contributed by atoms with Crippen LogP contribution in [0.1, 0.15) is 0 Å². The number of anilines is 3. The molecule has 12 aromatic rings. The standard InChI is InChI=1S/C56H37N5/c1-3-14-38(15-4-1)39-25-29-44(30-26-39)60(46-33-34-52-49(37-46)47-20-8-10-23-51(47)61(52)43-18-5-2-6-19-43)45-31-27-40(28-32-45)41-16-13-17-42(36-41)54-56-55(48-21-7-9-22-50(48)57-54)58-53-24-11-12-35-59(53)56/h1-37H. The van der Waals surface area contributed by atoms with E-state index in [1.54, 1.807) is 0 Å². The van der Waals surface area contributed by atoms with Crippen LogP contribution in [0.25, 0.3) is 88.6 Å². The van der Waals surface area contributed by atoms with Gasteiger partial charge in [-0.1, -0.05) is 133 Å². The second-order valence-electron chi connectivity index (χ2n) is 15.5. The molecular weight excluding hydrogens is 743 g/mol. The number of benzene rings is 8. The van der Waals surface area contributed by atoms with Gasteiger partial charge >= 0.3 is 0 Å². The molecule has 0 aliphatic rings. The molecule has 4 aromatic heterocycles. The zero-order valence-corrected chi connectivity index (χ0v) is 33.1. The first-order valence-electron chi connectivity index (χ1n) is 20.7. The van der Waals surface area contributed by atoms with Crippen molar-refractivity contribution in [1.82, 2.24) is 18.9 Å². The number of rotatable bonds is 7. The maximum Gasteiger partial charge on any atom is 0.137 e. The molecule has 0 aliphatic heterocycles. The van der Waals surface area contributed by atoms with Crippen molar-refractivity contribution in [1.29, 1.82) is 0 Å². The first-order valence-corrected chi connectivity index (χ1v) is 20.7. The van der Waals surface area contributed by atoms with Crippen LogP contribution < -0.4 is 4.90 Å². The van der Waals surface area contributed by atoms with Crippen molar-refractivity contribution >= 4 is 66.5 Å². The summed E-state index contributed by atoms with van der Waals surface area (Å²) in [6.45, 7) is 0. The lowest BCUT2D eigenvalue weighted by atomic mass is 9.99. The molecule has 0 fully saturated rings. The lowest BCUT2D eigenvalue weighted by Crippen LogP contribution is -2.10. The van der Waals surface area contributed by atoms with Gasteiger partial charge in [0, 0.05) is 50.7 Å². The van der Waals surface area contributed by atoms with E-state index in [0.717, 1.165) is 72.7 Å². The summed E-state index contributed by atoms with van der Waals surface area (Å²) in [6.07, 6.45) is 2.08. The Balaban J connectivity index is 0.975. The SMILES string of the molecule is c1ccc(-c2ccc(N(c3ccc(-c4cccc(-c5nc6ccccc6c6nc7ccccn7c56)c4)cc3)c3ccc4c(c3)c3ccccc3n4-c3ccccc3)cc2)cc1. The first-order chi connectivity index (χ1) is 30.2. The molecule has 0 N–H and O–H groups in total. The van der Waals surface area contributed by atoms with E-state index in [-0.39, 0.29) is 0 Å². The summed E-state index contributed by atoms with van der Waals surface area (Å²) < 4.78 is 4.52. The molecule has 5 nitrogen and oxygen atoms in total. The number of aromatic nitrogens is 4. The van der Waals surface area contributed by atoms with E-state index in [2.05, 4.69) is 220 Å². The highest BCUT2D eigenvalue weighted by atomic mass is 15.1. The van der Waals surface area contributed by atoms with Crippen molar-refractivity contribution in [3.8, 4) is 39.2 Å². The summed E-state index contributed by atoms with van der Waals surface area (Å²) in [6, 6.07) is 77.7. The summed E-state index contributed by atoms with van der Waals surface area (Å²) in [5.41, 5.74) is 17.2. The van der Waals surface area contributed by atoms with Crippen LogP contribution in [0.15, 0.2) is 225 Å². The van der Waals surface area contributed by atoms with Gasteiger partial charge in [0.25, 0.3) is 0 Å². The Kier molecular flexibility index (Phi) is 8.10. The normalized spacial score (nSPS) is 11.6. The number of imidazole rings is 1. The third kappa shape index (κ3) is 5.86. The maximum atomic E-state index is 5.25. The van der Waals surface area contributed by atoms with Gasteiger partial charge in [-0.25, -0.2) is 9.97 Å². The van der Waals surface area contributed by atoms with E-state index >= 15 is 0 Å². The lowest BCUT2D eigenvalue weighted by Gasteiger charge is -2.26. The molecule has 286 valence electrons. The van der Waals surface area contributed by atoms with Crippen LogP contribution in [0.5, 0.6) is 0 Å². The fourth-order valence-corrected chi connectivity index (χ4v) is 9.04. The molecule has 0 unspecified atom stereocenters. The summed E-state index contributed by atoms with van der Waals surface area (Å²) in [5.74, 6) is 0. The summed E-state index contributed by atoms with van der Waals surface area (Å²) in [5, 5.41) is 3.48. The van der Waals surface area contributed by atoms with Crippen LogP contribution >= 0.6 is 0 Å². The molecule has 0 aliphatic carbocycles. The average Bonchev–Trinajstić information content (AvgIpc) is 3.89. The summed E-state index contributed by atoms with van der Waals surface area (Å²) in [7, 11) is 0. The van der Waals surface area contributed by atoms with E-state index in [9.17, 15) is 0 Å². The molecule has 0 bridgehead atoms. The fraction of sp³-hybridized carbons (Fsp3) is 0. The monoisotopic (exact) mass is 779 g/mol. The highest BCUT2D eigenvalue weighted by Gasteiger charge is 2.19. The fourth-order valence-electron chi connectivity index (χ4n) is 9.04. The van der Waals surface area contributed by atoms with Gasteiger partial charge in [-0.2, -0.15) is 0 Å². The minimum atomic E-state index is 0.906. The average molecular weight is 780 g/mol. The van der Waals surface area contributed by atoms with Gasteiger partial charge in [-0.05, 0) is 107 Å². The van der Waals surface area contributed by atoms with Crippen molar-refractivity contribution < 1.29 is 0 Å². The lowest BCUT2D eigenvalue weighted by molar-refractivity contribution is 1.18. The van der Waals surface area contributed by atoms with Crippen LogP contribution in [0, 0.1) is 0 Å². The van der Waals surface area contributed by atoms with Gasteiger partial charge in [-0.3, -0.25) is 4.40 Å². The summed E-state index contributed by atoms with van der Waals surface area (Å²) in [4.78, 5) is 12.7. The van der Waals surface area contributed by atoms with Crippen LogP contribution in [-0.2, 0) is 0 Å². The van der Waals surface area contributed by atoms with Gasteiger partial charge in [0.05, 0.1) is 27.8 Å². The van der Waals surface area contributed by atoms with Crippen molar-refractivity contribution in [3.63, 3.8) is 0 Å². The third-order valence-corrected chi connectivity index (χ3v) is 11.9. The first kappa shape index (κ1) is 34.7. The van der Waals surface area contributed by atoms with Crippen LogP contribution in [0.2, 0.25) is 0 Å². The van der Waals surface area contributed by atoms with Crippen molar-refractivity contribution in [2.45, 2.75) is 0 Å². The quantitative estimate of drug-likeness (QED) is 0.162. The van der Waals surface area contributed by atoms with Crippen LogP contribution in [0.3, 0.4) is 0 Å².